The Morgan fingerprint density at radius 1 is 1.26 bits per heavy atom. The molecule has 1 aromatic carbocycles. The largest absolute Gasteiger partial charge is 0.497 e. The topological polar surface area (TPSA) is 75.9 Å². The number of carbonyl (C=O) groups is 2. The second kappa shape index (κ2) is 7.11. The van der Waals surface area contributed by atoms with Crippen molar-refractivity contribution in [3.63, 3.8) is 0 Å². The molecule has 0 aliphatic carbocycles. The van der Waals surface area contributed by atoms with Crippen LogP contribution in [0.5, 0.6) is 5.75 Å². The second-order valence-corrected chi connectivity index (χ2v) is 6.53. The Labute approximate surface area is 156 Å². The smallest absolute Gasteiger partial charge is 0.227 e. The van der Waals surface area contributed by atoms with Gasteiger partial charge in [0.25, 0.3) is 0 Å². The number of methoxy groups -OCH3 is 1. The lowest BCUT2D eigenvalue weighted by Crippen LogP contribution is -2.32. The SMILES string of the molecule is COc1cccc(N2CC(C(=O)NCc3cc4ccccn4n3)CC2=O)c1. The average molecular weight is 364 g/mol. The van der Waals surface area contributed by atoms with Crippen LogP contribution in [0.1, 0.15) is 12.1 Å². The maximum Gasteiger partial charge on any atom is 0.227 e. The number of nitrogens with zero attached hydrogens (tertiary/aromatic N) is 3. The number of benzene rings is 1. The zero-order valence-corrected chi connectivity index (χ0v) is 15.0. The van der Waals surface area contributed by atoms with Crippen molar-refractivity contribution in [2.45, 2.75) is 13.0 Å². The van der Waals surface area contributed by atoms with Crippen molar-refractivity contribution in [3.05, 3.63) is 60.4 Å². The lowest BCUT2D eigenvalue weighted by Gasteiger charge is -2.17. The minimum absolute atomic E-state index is 0.0591. The summed E-state index contributed by atoms with van der Waals surface area (Å²) in [5.74, 6) is 0.114. The Bertz CT molecular complexity index is 965. The molecule has 7 nitrogen and oxygen atoms in total. The molecule has 1 N–H and O–H groups in total. The van der Waals surface area contributed by atoms with Crippen LogP contribution in [-0.2, 0) is 16.1 Å². The van der Waals surface area contributed by atoms with Crippen LogP contribution in [0.15, 0.2) is 54.7 Å². The van der Waals surface area contributed by atoms with E-state index < -0.39 is 0 Å². The summed E-state index contributed by atoms with van der Waals surface area (Å²) < 4.78 is 6.98. The highest BCUT2D eigenvalue weighted by molar-refractivity contribution is 6.00. The van der Waals surface area contributed by atoms with Gasteiger partial charge in [0.15, 0.2) is 0 Å². The first-order chi connectivity index (χ1) is 13.1. The van der Waals surface area contributed by atoms with Gasteiger partial charge in [0.1, 0.15) is 5.75 Å². The van der Waals surface area contributed by atoms with E-state index in [1.54, 1.807) is 22.6 Å². The molecule has 1 aliphatic rings. The molecule has 0 spiro atoms. The number of hydrogen-bond donors (Lipinski definition) is 1. The van der Waals surface area contributed by atoms with E-state index in [0.717, 1.165) is 16.9 Å². The number of amides is 2. The van der Waals surface area contributed by atoms with Crippen LogP contribution in [0, 0.1) is 5.92 Å². The highest BCUT2D eigenvalue weighted by Gasteiger charge is 2.35. The first-order valence-electron chi connectivity index (χ1n) is 8.79. The molecule has 3 heterocycles. The van der Waals surface area contributed by atoms with Crippen LogP contribution in [0.25, 0.3) is 5.52 Å². The number of carbonyl (C=O) groups excluding carboxylic acids is 2. The quantitative estimate of drug-likeness (QED) is 0.751. The fourth-order valence-corrected chi connectivity index (χ4v) is 3.31. The summed E-state index contributed by atoms with van der Waals surface area (Å²) in [5.41, 5.74) is 2.50. The highest BCUT2D eigenvalue weighted by atomic mass is 16.5. The van der Waals surface area contributed by atoms with Gasteiger partial charge < -0.3 is 15.0 Å². The van der Waals surface area contributed by atoms with Crippen molar-refractivity contribution in [2.75, 3.05) is 18.6 Å². The fraction of sp³-hybridized carbons (Fsp3) is 0.250. The van der Waals surface area contributed by atoms with E-state index in [-0.39, 0.29) is 24.2 Å². The number of anilines is 1. The Morgan fingerprint density at radius 2 is 2.15 bits per heavy atom. The van der Waals surface area contributed by atoms with Crippen molar-refractivity contribution in [1.29, 1.82) is 0 Å². The Balaban J connectivity index is 1.40. The summed E-state index contributed by atoms with van der Waals surface area (Å²) in [4.78, 5) is 26.5. The summed E-state index contributed by atoms with van der Waals surface area (Å²) in [6, 6.07) is 15.0. The molecule has 0 bridgehead atoms. The van der Waals surface area contributed by atoms with Crippen molar-refractivity contribution in [1.82, 2.24) is 14.9 Å². The van der Waals surface area contributed by atoms with Gasteiger partial charge in [-0.1, -0.05) is 12.1 Å². The molecular weight excluding hydrogens is 344 g/mol. The zero-order valence-electron chi connectivity index (χ0n) is 15.0. The maximum atomic E-state index is 12.5. The van der Waals surface area contributed by atoms with Crippen molar-refractivity contribution >= 4 is 23.0 Å². The second-order valence-electron chi connectivity index (χ2n) is 6.53. The van der Waals surface area contributed by atoms with Gasteiger partial charge in [-0.25, -0.2) is 4.52 Å². The number of fused-ring (bicyclic) bond motifs is 1. The first kappa shape index (κ1) is 17.1. The van der Waals surface area contributed by atoms with E-state index in [1.165, 1.54) is 0 Å². The Hall–Kier alpha value is -3.35. The molecule has 2 aromatic heterocycles. The minimum atomic E-state index is -0.374. The molecular formula is C20H20N4O3. The monoisotopic (exact) mass is 364 g/mol. The number of hydrogen-bond acceptors (Lipinski definition) is 4. The van der Waals surface area contributed by atoms with Crippen LogP contribution < -0.4 is 15.0 Å². The Kier molecular flexibility index (Phi) is 4.50. The van der Waals surface area contributed by atoms with E-state index in [9.17, 15) is 9.59 Å². The van der Waals surface area contributed by atoms with E-state index in [2.05, 4.69) is 10.4 Å². The normalized spacial score (nSPS) is 16.7. The molecule has 7 heteroatoms. The fourth-order valence-electron chi connectivity index (χ4n) is 3.31. The van der Waals surface area contributed by atoms with Crippen LogP contribution in [0.3, 0.4) is 0 Å². The predicted octanol–water partition coefficient (Wildman–Crippen LogP) is 2.01. The minimum Gasteiger partial charge on any atom is -0.497 e. The van der Waals surface area contributed by atoms with E-state index in [4.69, 9.17) is 4.74 Å². The molecule has 1 aliphatic heterocycles. The van der Waals surface area contributed by atoms with Crippen molar-refractivity contribution < 1.29 is 14.3 Å². The van der Waals surface area contributed by atoms with Crippen molar-refractivity contribution in [3.8, 4) is 5.75 Å². The summed E-state index contributed by atoms with van der Waals surface area (Å²) in [6.45, 7) is 0.702. The molecule has 3 aromatic rings. The third-order valence-electron chi connectivity index (χ3n) is 4.73. The third-order valence-corrected chi connectivity index (χ3v) is 4.73. The first-order valence-corrected chi connectivity index (χ1v) is 8.79. The maximum absolute atomic E-state index is 12.5. The van der Waals surface area contributed by atoms with E-state index in [1.807, 2.05) is 48.7 Å². The molecule has 27 heavy (non-hydrogen) atoms. The van der Waals surface area contributed by atoms with Crippen LogP contribution in [0.4, 0.5) is 5.69 Å². The van der Waals surface area contributed by atoms with Gasteiger partial charge in [-0.05, 0) is 30.3 Å². The number of pyridine rings is 1. The lowest BCUT2D eigenvalue weighted by molar-refractivity contribution is -0.126. The van der Waals surface area contributed by atoms with Crippen LogP contribution in [0.2, 0.25) is 0 Å². The van der Waals surface area contributed by atoms with Gasteiger partial charge in [-0.3, -0.25) is 9.59 Å². The van der Waals surface area contributed by atoms with Gasteiger partial charge in [0, 0.05) is 30.9 Å². The van der Waals surface area contributed by atoms with E-state index >= 15 is 0 Å². The third kappa shape index (κ3) is 3.48. The Morgan fingerprint density at radius 3 is 2.96 bits per heavy atom. The van der Waals surface area contributed by atoms with Gasteiger partial charge in [0.2, 0.25) is 11.8 Å². The summed E-state index contributed by atoms with van der Waals surface area (Å²) in [7, 11) is 1.58. The molecule has 0 radical (unpaired) electrons. The predicted molar refractivity (Wildman–Crippen MR) is 100 cm³/mol. The number of rotatable bonds is 5. The summed E-state index contributed by atoms with van der Waals surface area (Å²) >= 11 is 0. The van der Waals surface area contributed by atoms with Crippen LogP contribution >= 0.6 is 0 Å². The molecule has 138 valence electrons. The number of nitrogens with one attached hydrogen (secondary N) is 1. The molecule has 0 saturated carbocycles. The number of aromatic nitrogens is 2. The highest BCUT2D eigenvalue weighted by Crippen LogP contribution is 2.28. The molecule has 1 unspecified atom stereocenters. The average Bonchev–Trinajstić information content (AvgIpc) is 3.29. The van der Waals surface area contributed by atoms with Gasteiger partial charge in [-0.15, -0.1) is 0 Å². The summed E-state index contributed by atoms with van der Waals surface area (Å²) in [5, 5.41) is 7.32. The molecule has 1 saturated heterocycles. The standard InChI is InChI=1S/C20H20N4O3/c1-27-18-7-4-6-16(11-18)23-13-14(9-19(23)25)20(26)21-12-15-10-17-5-2-3-8-24(17)22-15/h2-8,10-11,14H,9,12-13H2,1H3,(H,21,26). The van der Waals surface area contributed by atoms with E-state index in [0.29, 0.717) is 18.8 Å². The van der Waals surface area contributed by atoms with Gasteiger partial charge >= 0.3 is 0 Å². The molecule has 1 atom stereocenters. The van der Waals surface area contributed by atoms with Crippen LogP contribution in [-0.4, -0.2) is 35.1 Å². The van der Waals surface area contributed by atoms with Gasteiger partial charge in [0.05, 0.1) is 30.8 Å². The lowest BCUT2D eigenvalue weighted by atomic mass is 10.1. The molecule has 4 rings (SSSR count). The molecule has 2 amide bonds. The number of ether oxygens (including phenoxy) is 1. The van der Waals surface area contributed by atoms with Gasteiger partial charge in [-0.2, -0.15) is 5.10 Å². The summed E-state index contributed by atoms with van der Waals surface area (Å²) in [6.07, 6.45) is 2.07. The molecule has 1 fully saturated rings. The zero-order chi connectivity index (χ0) is 18.8. The van der Waals surface area contributed by atoms with Crippen molar-refractivity contribution in [2.24, 2.45) is 5.92 Å².